The van der Waals surface area contributed by atoms with E-state index in [1.807, 2.05) is 18.2 Å². The van der Waals surface area contributed by atoms with Gasteiger partial charge in [-0.1, -0.05) is 18.2 Å². The first-order valence-corrected chi connectivity index (χ1v) is 7.13. The van der Waals surface area contributed by atoms with Gasteiger partial charge in [-0.25, -0.2) is 0 Å². The van der Waals surface area contributed by atoms with Gasteiger partial charge in [-0.15, -0.1) is 0 Å². The normalized spacial score (nSPS) is 32.7. The first kappa shape index (κ1) is 11.7. The van der Waals surface area contributed by atoms with Crippen molar-refractivity contribution in [3.8, 4) is 5.75 Å². The Morgan fingerprint density at radius 2 is 2.11 bits per heavy atom. The van der Waals surface area contributed by atoms with Crippen molar-refractivity contribution < 1.29 is 9.47 Å². The number of benzene rings is 1. The van der Waals surface area contributed by atoms with Gasteiger partial charge in [0.15, 0.2) is 0 Å². The molecule has 3 aliphatic rings. The van der Waals surface area contributed by atoms with Gasteiger partial charge in [0, 0.05) is 18.7 Å². The highest BCUT2D eigenvalue weighted by Crippen LogP contribution is 2.43. The Kier molecular flexibility index (Phi) is 2.59. The number of hydrogen-bond donors (Lipinski definition) is 1. The molecule has 1 saturated heterocycles. The molecule has 4 nitrogen and oxygen atoms in total. The molecule has 102 valence electrons. The summed E-state index contributed by atoms with van der Waals surface area (Å²) in [5, 5.41) is 0. The van der Waals surface area contributed by atoms with E-state index >= 15 is 0 Å². The Labute approximate surface area is 113 Å². The molecule has 19 heavy (non-hydrogen) atoms. The highest BCUT2D eigenvalue weighted by Gasteiger charge is 2.49. The molecule has 2 N–H and O–H groups in total. The second-order valence-corrected chi connectivity index (χ2v) is 5.94. The standard InChI is InChI=1S/C15H20N2O2/c16-14-11-3-1-2-4-13(11)18-9-12(14)17-7-8-19-15(10-17)5-6-15/h1-4,12,14H,5-10,16H2/t12-,14-/m0/s1. The second-order valence-electron chi connectivity index (χ2n) is 5.94. The first-order valence-electron chi connectivity index (χ1n) is 7.13. The van der Waals surface area contributed by atoms with E-state index in [9.17, 15) is 0 Å². The zero-order chi connectivity index (χ0) is 12.9. The Bertz CT molecular complexity index is 487. The van der Waals surface area contributed by atoms with Crippen LogP contribution < -0.4 is 10.5 Å². The molecule has 0 unspecified atom stereocenters. The van der Waals surface area contributed by atoms with Gasteiger partial charge in [0.1, 0.15) is 12.4 Å². The lowest BCUT2D eigenvalue weighted by Gasteiger charge is -2.43. The lowest BCUT2D eigenvalue weighted by Crippen LogP contribution is -2.55. The maximum atomic E-state index is 6.47. The highest BCUT2D eigenvalue weighted by molar-refractivity contribution is 5.38. The number of ether oxygens (including phenoxy) is 2. The van der Waals surface area contributed by atoms with E-state index in [-0.39, 0.29) is 17.7 Å². The SMILES string of the molecule is N[C@H]1c2ccccc2OC[C@@H]1N1CCOC2(CC2)C1. The van der Waals surface area contributed by atoms with E-state index in [0.29, 0.717) is 6.61 Å². The van der Waals surface area contributed by atoms with Crippen LogP contribution in [0.4, 0.5) is 0 Å². The van der Waals surface area contributed by atoms with Crippen LogP contribution in [0, 0.1) is 0 Å². The van der Waals surface area contributed by atoms with Gasteiger partial charge in [-0.3, -0.25) is 4.90 Å². The van der Waals surface area contributed by atoms with E-state index in [2.05, 4.69) is 11.0 Å². The predicted octanol–water partition coefficient (Wildman–Crippen LogP) is 1.31. The molecular weight excluding hydrogens is 240 g/mol. The fourth-order valence-corrected chi connectivity index (χ4v) is 3.31. The summed E-state index contributed by atoms with van der Waals surface area (Å²) in [5.41, 5.74) is 7.75. The summed E-state index contributed by atoms with van der Waals surface area (Å²) in [7, 11) is 0. The molecule has 4 rings (SSSR count). The van der Waals surface area contributed by atoms with Gasteiger partial charge in [-0.2, -0.15) is 0 Å². The Morgan fingerprint density at radius 1 is 1.26 bits per heavy atom. The maximum Gasteiger partial charge on any atom is 0.124 e. The van der Waals surface area contributed by atoms with Crippen LogP contribution in [0.2, 0.25) is 0 Å². The van der Waals surface area contributed by atoms with Crippen molar-refractivity contribution in [3.05, 3.63) is 29.8 Å². The minimum atomic E-state index is 0.0406. The summed E-state index contributed by atoms with van der Waals surface area (Å²) in [6, 6.07) is 8.44. The monoisotopic (exact) mass is 260 g/mol. The third-order valence-electron chi connectivity index (χ3n) is 4.66. The minimum Gasteiger partial charge on any atom is -0.492 e. The molecule has 2 aliphatic heterocycles. The maximum absolute atomic E-state index is 6.47. The molecule has 1 saturated carbocycles. The number of fused-ring (bicyclic) bond motifs is 1. The van der Waals surface area contributed by atoms with Crippen LogP contribution in [0.1, 0.15) is 24.4 Å². The summed E-state index contributed by atoms with van der Waals surface area (Å²) in [5.74, 6) is 0.945. The number of morpholine rings is 1. The van der Waals surface area contributed by atoms with Crippen LogP contribution in [-0.2, 0) is 4.74 Å². The van der Waals surface area contributed by atoms with Crippen LogP contribution in [0.25, 0.3) is 0 Å². The summed E-state index contributed by atoms with van der Waals surface area (Å²) in [4.78, 5) is 2.47. The van der Waals surface area contributed by atoms with Gasteiger partial charge in [0.05, 0.1) is 24.3 Å². The van der Waals surface area contributed by atoms with Gasteiger partial charge in [0.25, 0.3) is 0 Å². The van der Waals surface area contributed by atoms with Gasteiger partial charge >= 0.3 is 0 Å². The minimum absolute atomic E-state index is 0.0406. The van der Waals surface area contributed by atoms with Gasteiger partial charge in [0.2, 0.25) is 0 Å². The fraction of sp³-hybridized carbons (Fsp3) is 0.600. The fourth-order valence-electron chi connectivity index (χ4n) is 3.31. The molecule has 0 amide bonds. The van der Waals surface area contributed by atoms with E-state index < -0.39 is 0 Å². The average molecular weight is 260 g/mol. The number of nitrogens with zero attached hydrogens (tertiary/aromatic N) is 1. The van der Waals surface area contributed by atoms with E-state index in [4.69, 9.17) is 15.2 Å². The average Bonchev–Trinajstić information content (AvgIpc) is 3.18. The lowest BCUT2D eigenvalue weighted by molar-refractivity contribution is -0.0707. The second kappa shape index (κ2) is 4.20. The lowest BCUT2D eigenvalue weighted by atomic mass is 9.95. The molecule has 2 fully saturated rings. The molecule has 0 radical (unpaired) electrons. The smallest absolute Gasteiger partial charge is 0.124 e. The van der Waals surface area contributed by atoms with E-state index in [0.717, 1.165) is 31.0 Å². The molecule has 1 aromatic rings. The quantitative estimate of drug-likeness (QED) is 0.827. The van der Waals surface area contributed by atoms with Crippen LogP contribution in [0.15, 0.2) is 24.3 Å². The molecule has 1 spiro atoms. The molecular formula is C15H20N2O2. The van der Waals surface area contributed by atoms with Gasteiger partial charge in [-0.05, 0) is 18.9 Å². The third kappa shape index (κ3) is 1.95. The largest absolute Gasteiger partial charge is 0.492 e. The van der Waals surface area contributed by atoms with Crippen molar-refractivity contribution in [3.63, 3.8) is 0 Å². The summed E-state index contributed by atoms with van der Waals surface area (Å²) in [6.07, 6.45) is 2.39. The molecule has 0 bridgehead atoms. The van der Waals surface area contributed by atoms with Crippen molar-refractivity contribution in [2.24, 2.45) is 5.73 Å². The molecule has 4 heteroatoms. The predicted molar refractivity (Wildman–Crippen MR) is 72.1 cm³/mol. The Morgan fingerprint density at radius 3 is 2.95 bits per heavy atom. The first-order chi connectivity index (χ1) is 9.27. The molecule has 1 aliphatic carbocycles. The van der Waals surface area contributed by atoms with Crippen LogP contribution in [0.3, 0.4) is 0 Å². The summed E-state index contributed by atoms with van der Waals surface area (Å²) in [6.45, 7) is 3.49. The summed E-state index contributed by atoms with van der Waals surface area (Å²) >= 11 is 0. The van der Waals surface area contributed by atoms with Crippen LogP contribution in [-0.4, -0.2) is 42.8 Å². The number of para-hydroxylation sites is 1. The number of hydrogen-bond acceptors (Lipinski definition) is 4. The topological polar surface area (TPSA) is 47.7 Å². The highest BCUT2D eigenvalue weighted by atomic mass is 16.5. The van der Waals surface area contributed by atoms with E-state index in [1.54, 1.807) is 0 Å². The van der Waals surface area contributed by atoms with Crippen molar-refractivity contribution in [1.29, 1.82) is 0 Å². The molecule has 2 heterocycles. The van der Waals surface area contributed by atoms with Crippen molar-refractivity contribution in [1.82, 2.24) is 4.90 Å². The molecule has 0 aromatic heterocycles. The zero-order valence-electron chi connectivity index (χ0n) is 11.0. The van der Waals surface area contributed by atoms with Gasteiger partial charge < -0.3 is 15.2 Å². The Hall–Kier alpha value is -1.10. The number of rotatable bonds is 1. The molecule has 2 atom stereocenters. The zero-order valence-corrected chi connectivity index (χ0v) is 11.0. The number of nitrogens with two attached hydrogens (primary N) is 1. The third-order valence-corrected chi connectivity index (χ3v) is 4.66. The van der Waals surface area contributed by atoms with Crippen molar-refractivity contribution >= 4 is 0 Å². The van der Waals surface area contributed by atoms with Crippen molar-refractivity contribution in [2.45, 2.75) is 30.5 Å². The van der Waals surface area contributed by atoms with E-state index in [1.165, 1.54) is 12.8 Å². The summed E-state index contributed by atoms with van der Waals surface area (Å²) < 4.78 is 11.8. The Balaban J connectivity index is 1.56. The van der Waals surface area contributed by atoms with Crippen molar-refractivity contribution in [2.75, 3.05) is 26.3 Å². The van der Waals surface area contributed by atoms with Crippen LogP contribution >= 0.6 is 0 Å². The van der Waals surface area contributed by atoms with Crippen LogP contribution in [0.5, 0.6) is 5.75 Å². The molecule has 1 aromatic carbocycles.